The normalized spacial score (nSPS) is 11.9. The summed E-state index contributed by atoms with van der Waals surface area (Å²) in [6, 6.07) is 56.0. The van der Waals surface area contributed by atoms with E-state index in [4.69, 9.17) is 14.2 Å². The monoisotopic (exact) mass is 1330 g/mol. The van der Waals surface area contributed by atoms with Gasteiger partial charge in [-0.15, -0.1) is 0 Å². The molecule has 12 heteroatoms. The van der Waals surface area contributed by atoms with E-state index in [1.807, 2.05) is 76.2 Å². The van der Waals surface area contributed by atoms with Crippen molar-refractivity contribution in [3.63, 3.8) is 0 Å². The van der Waals surface area contributed by atoms with Crippen LogP contribution in [0.5, 0.6) is 34.5 Å². The molecule has 0 radical (unpaired) electrons. The van der Waals surface area contributed by atoms with Crippen molar-refractivity contribution in [3.05, 3.63) is 317 Å². The lowest BCUT2D eigenvalue weighted by molar-refractivity contribution is -0.288. The number of hydrogen-bond acceptors (Lipinski definition) is 3. The summed E-state index contributed by atoms with van der Waals surface area (Å²) in [6.45, 7) is 37.2. The zero-order valence-corrected chi connectivity index (χ0v) is 59.1. The minimum atomic E-state index is -5.55. The quantitative estimate of drug-likeness (QED) is 0.114. The third-order valence-electron chi connectivity index (χ3n) is 19.2. The molecule has 0 aromatic heterocycles. The van der Waals surface area contributed by atoms with Gasteiger partial charge in [0, 0.05) is 5.41 Å². The van der Waals surface area contributed by atoms with Gasteiger partial charge in [-0.05, 0) is 313 Å². The molecule has 10 aromatic carbocycles. The standard InChI is InChI=1S/C31H29F3O2.C19H18F6.C19H24.C16H18O/c1-20-6-12-28(18-22(20)3)35-26-14-8-24(9-15-26)30(5,31(32,33)34)25-10-16-27(17-11-25)36-29-13-7-21(2)23(4)19-29;1-11-5-7-15(9-13(11)3)17(18(20,21)22,19(23,24)25)16-8-6-12(2)14(4)10-16;1-13-7-9-17(11-15(13)3)19(5,6)18-10-8-14(2)16(4)12-18;1-11-5-7-15(9-13(11)3)17-16-8-6-12(2)14(4)10-16/h6-19H,1-5H3;5-10H,1-4H3;7-12H,1-6H3;5-10H,1-4H3. The largest absolute Gasteiger partial charge is 0.457 e. The molecule has 3 nitrogen and oxygen atoms in total. The minimum Gasteiger partial charge on any atom is -0.457 e. The summed E-state index contributed by atoms with van der Waals surface area (Å²) >= 11 is 0. The molecule has 97 heavy (non-hydrogen) atoms. The Kier molecular flexibility index (Phi) is 23.4. The molecular formula is C85H89F9O3. The Hall–Kier alpha value is -9.03. The average Bonchev–Trinajstić information content (AvgIpc) is 0.717. The maximum absolute atomic E-state index is 14.5. The highest BCUT2D eigenvalue weighted by Crippen LogP contribution is 2.57. The van der Waals surface area contributed by atoms with Crippen molar-refractivity contribution < 1.29 is 53.7 Å². The molecule has 0 unspecified atom stereocenters. The number of ether oxygens (including phenoxy) is 3. The smallest absolute Gasteiger partial charge is 0.411 e. The van der Waals surface area contributed by atoms with Crippen LogP contribution in [-0.2, 0) is 16.2 Å². The topological polar surface area (TPSA) is 27.7 Å². The molecule has 0 aliphatic heterocycles. The summed E-state index contributed by atoms with van der Waals surface area (Å²) in [4.78, 5) is 0. The second-order valence-electron chi connectivity index (χ2n) is 26.5. The van der Waals surface area contributed by atoms with Gasteiger partial charge < -0.3 is 14.2 Å². The van der Waals surface area contributed by atoms with Gasteiger partial charge in [0.1, 0.15) is 39.9 Å². The second-order valence-corrected chi connectivity index (χ2v) is 26.5. The van der Waals surface area contributed by atoms with Crippen molar-refractivity contribution in [2.24, 2.45) is 0 Å². The first-order valence-electron chi connectivity index (χ1n) is 32.2. The summed E-state index contributed by atoms with van der Waals surface area (Å²) in [5.41, 5.74) is 12.2. The SMILES string of the molecule is Cc1ccc(C(C)(C)c2ccc(C)c(C)c2)cc1C.Cc1ccc(C(c2ccc(C)c(C)c2)(C(F)(F)F)C(F)(F)F)cc1C.Cc1ccc(Oc2ccc(C(C)(c3ccc(Oc4ccc(C)c(C)c4)cc3)C(F)(F)F)cc2)cc1C.Cc1ccc(Oc2ccc(C)c(C)c2)cc1C. The molecule has 0 bridgehead atoms. The van der Waals surface area contributed by atoms with Crippen LogP contribution in [0.3, 0.4) is 0 Å². The lowest BCUT2D eigenvalue weighted by Gasteiger charge is -2.38. The highest BCUT2D eigenvalue weighted by molar-refractivity contribution is 5.51. The zero-order valence-electron chi connectivity index (χ0n) is 59.1. The predicted octanol–water partition coefficient (Wildman–Crippen LogP) is 25.7. The van der Waals surface area contributed by atoms with Gasteiger partial charge in [-0.2, -0.15) is 39.5 Å². The average molecular weight is 1330 g/mol. The summed E-state index contributed by atoms with van der Waals surface area (Å²) in [5.74, 6) is 4.03. The van der Waals surface area contributed by atoms with Crippen molar-refractivity contribution in [3.8, 4) is 34.5 Å². The maximum Gasteiger partial charge on any atom is 0.411 e. The van der Waals surface area contributed by atoms with Crippen molar-refractivity contribution in [1.29, 1.82) is 0 Å². The first kappa shape index (κ1) is 75.4. The molecule has 10 rings (SSSR count). The van der Waals surface area contributed by atoms with E-state index in [1.54, 1.807) is 38.1 Å². The molecule has 10 aromatic rings. The van der Waals surface area contributed by atoms with Gasteiger partial charge >= 0.3 is 18.5 Å². The van der Waals surface area contributed by atoms with Crippen LogP contribution in [0.15, 0.2) is 194 Å². The number of alkyl halides is 9. The van der Waals surface area contributed by atoms with Crippen LogP contribution < -0.4 is 14.2 Å². The molecule has 0 spiro atoms. The molecule has 0 aliphatic rings. The van der Waals surface area contributed by atoms with E-state index in [0.717, 1.165) is 58.0 Å². The molecule has 0 heterocycles. The Balaban J connectivity index is 0.000000191. The van der Waals surface area contributed by atoms with E-state index < -0.39 is 40.5 Å². The molecule has 0 N–H and O–H groups in total. The van der Waals surface area contributed by atoms with Gasteiger partial charge in [-0.1, -0.05) is 135 Å². The molecule has 0 saturated carbocycles. The zero-order chi connectivity index (χ0) is 71.9. The van der Waals surface area contributed by atoms with Crippen LogP contribution in [0.1, 0.15) is 143 Å². The van der Waals surface area contributed by atoms with Gasteiger partial charge in [0.15, 0.2) is 0 Å². The highest BCUT2D eigenvalue weighted by Gasteiger charge is 2.72. The molecular weight excluding hydrogens is 1240 g/mol. The number of hydrogen-bond donors (Lipinski definition) is 0. The van der Waals surface area contributed by atoms with Crippen LogP contribution in [-0.4, -0.2) is 18.5 Å². The van der Waals surface area contributed by atoms with Crippen molar-refractivity contribution in [1.82, 2.24) is 0 Å². The summed E-state index contributed by atoms with van der Waals surface area (Å²) < 4.78 is 145. The van der Waals surface area contributed by atoms with Crippen LogP contribution in [0, 0.1) is 111 Å². The van der Waals surface area contributed by atoms with Crippen molar-refractivity contribution in [2.75, 3.05) is 0 Å². The van der Waals surface area contributed by atoms with Crippen LogP contribution in [0.2, 0.25) is 0 Å². The van der Waals surface area contributed by atoms with Gasteiger partial charge in [0.2, 0.25) is 5.41 Å². The van der Waals surface area contributed by atoms with E-state index in [2.05, 4.69) is 130 Å². The third-order valence-corrected chi connectivity index (χ3v) is 19.2. The molecule has 0 atom stereocenters. The fraction of sp³-hybridized carbons (Fsp3) is 0.294. The second kappa shape index (κ2) is 30.2. The highest BCUT2D eigenvalue weighted by atomic mass is 19.4. The molecule has 0 aliphatic carbocycles. The minimum absolute atomic E-state index is 0.0525. The Morgan fingerprint density at radius 1 is 0.196 bits per heavy atom. The lowest BCUT2D eigenvalue weighted by Crippen LogP contribution is -2.54. The Labute approximate surface area is 568 Å². The number of benzene rings is 10. The Morgan fingerprint density at radius 2 is 0.381 bits per heavy atom. The number of rotatable bonds is 12. The molecule has 0 saturated heterocycles. The fourth-order valence-electron chi connectivity index (χ4n) is 11.1. The molecule has 510 valence electrons. The van der Waals surface area contributed by atoms with Gasteiger partial charge in [0.25, 0.3) is 0 Å². The van der Waals surface area contributed by atoms with E-state index in [0.29, 0.717) is 45.3 Å². The van der Waals surface area contributed by atoms with Crippen LogP contribution in [0.4, 0.5) is 39.5 Å². The third kappa shape index (κ3) is 17.4. The van der Waals surface area contributed by atoms with E-state index >= 15 is 0 Å². The summed E-state index contributed by atoms with van der Waals surface area (Å²) in [5, 5.41) is 0. The summed E-state index contributed by atoms with van der Waals surface area (Å²) in [6.07, 6.45) is -15.6. The van der Waals surface area contributed by atoms with E-state index in [-0.39, 0.29) is 16.5 Å². The van der Waals surface area contributed by atoms with Crippen molar-refractivity contribution >= 4 is 0 Å². The van der Waals surface area contributed by atoms with Gasteiger partial charge in [-0.25, -0.2) is 0 Å². The first-order chi connectivity index (χ1) is 45.2. The fourth-order valence-corrected chi connectivity index (χ4v) is 11.1. The van der Waals surface area contributed by atoms with E-state index in [9.17, 15) is 39.5 Å². The lowest BCUT2D eigenvalue weighted by atomic mass is 9.71. The van der Waals surface area contributed by atoms with Gasteiger partial charge in [0.05, 0.1) is 0 Å². The Bertz CT molecular complexity index is 4110. The Morgan fingerprint density at radius 3 is 0.598 bits per heavy atom. The van der Waals surface area contributed by atoms with Crippen LogP contribution in [0.25, 0.3) is 0 Å². The predicted molar refractivity (Wildman–Crippen MR) is 378 cm³/mol. The molecule has 0 fully saturated rings. The molecule has 0 amide bonds. The van der Waals surface area contributed by atoms with Gasteiger partial charge in [-0.3, -0.25) is 0 Å². The number of aryl methyl sites for hydroxylation is 16. The van der Waals surface area contributed by atoms with Crippen LogP contribution >= 0.6 is 0 Å². The number of halogens is 9. The van der Waals surface area contributed by atoms with E-state index in [1.165, 1.54) is 113 Å². The first-order valence-corrected chi connectivity index (χ1v) is 32.2. The summed E-state index contributed by atoms with van der Waals surface area (Å²) in [7, 11) is 0. The van der Waals surface area contributed by atoms with Crippen molar-refractivity contribution in [2.45, 2.75) is 166 Å². The maximum atomic E-state index is 14.5.